The molecule has 0 radical (unpaired) electrons. The van der Waals surface area contributed by atoms with Gasteiger partial charge in [0.05, 0.1) is 38.7 Å². The van der Waals surface area contributed by atoms with Crippen LogP contribution in [0.25, 0.3) is 0 Å². The van der Waals surface area contributed by atoms with E-state index in [2.05, 4.69) is 4.98 Å². The Morgan fingerprint density at radius 2 is 1.86 bits per heavy atom. The van der Waals surface area contributed by atoms with E-state index in [1.807, 2.05) is 4.90 Å². The van der Waals surface area contributed by atoms with E-state index in [9.17, 15) is 22.4 Å². The molecule has 8 nitrogen and oxygen atoms in total. The number of piperidine rings is 1. The number of halogens is 4. The molecule has 1 amide bonds. The minimum absolute atomic E-state index is 0.0723. The molecule has 1 aromatic carbocycles. The topological polar surface area (TPSA) is 73.4 Å². The van der Waals surface area contributed by atoms with Gasteiger partial charge >= 0.3 is 12.3 Å². The molecule has 1 atom stereocenters. The van der Waals surface area contributed by atoms with Gasteiger partial charge in [0.1, 0.15) is 17.4 Å². The molecule has 3 heterocycles. The van der Waals surface area contributed by atoms with Crippen molar-refractivity contribution >= 4 is 11.9 Å². The zero-order valence-corrected chi connectivity index (χ0v) is 20.4. The first-order valence-corrected chi connectivity index (χ1v) is 11.9. The number of rotatable bonds is 7. The number of methoxy groups -OCH3 is 1. The first kappa shape index (κ1) is 26.9. The van der Waals surface area contributed by atoms with Crippen molar-refractivity contribution in [3.63, 3.8) is 0 Å². The third-order valence-corrected chi connectivity index (χ3v) is 6.52. The van der Waals surface area contributed by atoms with Crippen LogP contribution in [0.4, 0.5) is 28.2 Å². The summed E-state index contributed by atoms with van der Waals surface area (Å²) >= 11 is 0. The van der Waals surface area contributed by atoms with Crippen LogP contribution in [0.5, 0.6) is 5.75 Å². The number of amides is 1. The third kappa shape index (κ3) is 7.01. The summed E-state index contributed by atoms with van der Waals surface area (Å²) in [7, 11) is 1.51. The van der Waals surface area contributed by atoms with Crippen molar-refractivity contribution in [2.45, 2.75) is 37.3 Å². The van der Waals surface area contributed by atoms with Crippen LogP contribution in [0, 0.1) is 5.82 Å². The third-order valence-electron chi connectivity index (χ3n) is 6.52. The number of benzene rings is 1. The van der Waals surface area contributed by atoms with Crippen LogP contribution in [-0.4, -0.2) is 80.4 Å². The Balaban J connectivity index is 1.28. The van der Waals surface area contributed by atoms with Gasteiger partial charge in [0, 0.05) is 26.2 Å². The van der Waals surface area contributed by atoms with E-state index >= 15 is 0 Å². The highest BCUT2D eigenvalue weighted by molar-refractivity contribution is 5.68. The lowest BCUT2D eigenvalue weighted by Gasteiger charge is -2.47. The number of ether oxygens (including phenoxy) is 4. The lowest BCUT2D eigenvalue weighted by atomic mass is 9.89. The van der Waals surface area contributed by atoms with Crippen molar-refractivity contribution in [2.24, 2.45) is 0 Å². The summed E-state index contributed by atoms with van der Waals surface area (Å²) in [6.45, 7) is 0.959. The van der Waals surface area contributed by atoms with Crippen LogP contribution in [0.3, 0.4) is 0 Å². The molecular formula is C25H29F4N3O5. The van der Waals surface area contributed by atoms with Gasteiger partial charge in [-0.15, -0.1) is 0 Å². The van der Waals surface area contributed by atoms with Gasteiger partial charge in [-0.2, -0.15) is 13.2 Å². The van der Waals surface area contributed by atoms with Crippen molar-refractivity contribution in [1.82, 2.24) is 9.88 Å². The Morgan fingerprint density at radius 3 is 2.49 bits per heavy atom. The molecule has 0 unspecified atom stereocenters. The summed E-state index contributed by atoms with van der Waals surface area (Å²) < 4.78 is 74.9. The number of hydrogen-bond acceptors (Lipinski definition) is 7. The van der Waals surface area contributed by atoms with Gasteiger partial charge in [0.25, 0.3) is 0 Å². The Labute approximate surface area is 212 Å². The number of anilines is 1. The highest BCUT2D eigenvalue weighted by Crippen LogP contribution is 2.33. The molecule has 202 valence electrons. The summed E-state index contributed by atoms with van der Waals surface area (Å²) in [5.41, 5.74) is 0.0856. The Hall–Kier alpha value is -3.12. The number of alkyl halides is 3. The molecule has 2 fully saturated rings. The van der Waals surface area contributed by atoms with E-state index in [1.165, 1.54) is 18.1 Å². The predicted octanol–water partition coefficient (Wildman–Crippen LogP) is 4.18. The van der Waals surface area contributed by atoms with Crippen LogP contribution in [-0.2, 0) is 20.8 Å². The number of morpholine rings is 1. The first-order chi connectivity index (χ1) is 17.7. The molecule has 0 aliphatic carbocycles. The van der Waals surface area contributed by atoms with Gasteiger partial charge < -0.3 is 28.7 Å². The van der Waals surface area contributed by atoms with E-state index in [0.717, 1.165) is 6.20 Å². The second kappa shape index (κ2) is 11.5. The van der Waals surface area contributed by atoms with Crippen molar-refractivity contribution in [3.05, 3.63) is 54.0 Å². The Morgan fingerprint density at radius 1 is 1.14 bits per heavy atom. The standard InChI is InChI=1S/C25H29F4N3O5/c1-34-20-5-2-18(3-6-20)15-35-16-21(25(27,28)29)37-23(33)31-10-8-24(9-11-31)17-32(12-13-36-24)22-7-4-19(26)14-30-22/h2-7,14,21H,8-13,15-17H2,1H3/t21-/m1/s1. The van der Waals surface area contributed by atoms with E-state index in [1.54, 1.807) is 30.3 Å². The van der Waals surface area contributed by atoms with Crippen LogP contribution >= 0.6 is 0 Å². The Bertz CT molecular complexity index is 1030. The molecule has 2 aliphatic heterocycles. The summed E-state index contributed by atoms with van der Waals surface area (Å²) in [5, 5.41) is 0. The van der Waals surface area contributed by atoms with Gasteiger partial charge in [-0.25, -0.2) is 14.2 Å². The number of hydrogen-bond donors (Lipinski definition) is 0. The number of nitrogens with zero attached hydrogens (tertiary/aromatic N) is 3. The average Bonchev–Trinajstić information content (AvgIpc) is 2.89. The highest BCUT2D eigenvalue weighted by Gasteiger charge is 2.46. The molecule has 2 aliphatic rings. The van der Waals surface area contributed by atoms with E-state index in [0.29, 0.717) is 49.7 Å². The fourth-order valence-electron chi connectivity index (χ4n) is 4.39. The van der Waals surface area contributed by atoms with Crippen LogP contribution < -0.4 is 9.64 Å². The van der Waals surface area contributed by atoms with Crippen molar-refractivity contribution < 1.29 is 41.3 Å². The van der Waals surface area contributed by atoms with E-state index in [-0.39, 0.29) is 19.7 Å². The van der Waals surface area contributed by atoms with Gasteiger partial charge in [-0.05, 0) is 42.7 Å². The minimum atomic E-state index is -4.78. The first-order valence-electron chi connectivity index (χ1n) is 11.9. The smallest absolute Gasteiger partial charge is 0.427 e. The summed E-state index contributed by atoms with van der Waals surface area (Å²) in [6.07, 6.45) is -6.22. The molecule has 2 saturated heterocycles. The van der Waals surface area contributed by atoms with Crippen LogP contribution in [0.2, 0.25) is 0 Å². The molecule has 2 aromatic rings. The maximum atomic E-state index is 13.5. The molecule has 0 bridgehead atoms. The average molecular weight is 528 g/mol. The SMILES string of the molecule is COc1ccc(COC[C@@H](OC(=O)N2CCC3(CC2)CN(c2ccc(F)cn2)CCO3)C(F)(F)F)cc1. The van der Waals surface area contributed by atoms with Crippen molar-refractivity contribution in [1.29, 1.82) is 0 Å². The highest BCUT2D eigenvalue weighted by atomic mass is 19.4. The van der Waals surface area contributed by atoms with Crippen molar-refractivity contribution in [2.75, 3.05) is 51.4 Å². The molecule has 4 rings (SSSR count). The fraction of sp³-hybridized carbons (Fsp3) is 0.520. The monoisotopic (exact) mass is 527 g/mol. The summed E-state index contributed by atoms with van der Waals surface area (Å²) in [5.74, 6) is 0.808. The Kier molecular flexibility index (Phi) is 8.38. The molecule has 1 spiro atoms. The molecule has 1 aromatic heterocycles. The zero-order chi connectivity index (χ0) is 26.5. The van der Waals surface area contributed by atoms with E-state index < -0.39 is 36.4 Å². The zero-order valence-electron chi connectivity index (χ0n) is 20.4. The quantitative estimate of drug-likeness (QED) is 0.500. The van der Waals surface area contributed by atoms with Gasteiger partial charge in [-0.3, -0.25) is 0 Å². The number of carbonyl (C=O) groups is 1. The minimum Gasteiger partial charge on any atom is -0.497 e. The van der Waals surface area contributed by atoms with Gasteiger partial charge in [0.15, 0.2) is 0 Å². The molecule has 12 heteroatoms. The fourth-order valence-corrected chi connectivity index (χ4v) is 4.39. The van der Waals surface area contributed by atoms with Gasteiger partial charge in [-0.1, -0.05) is 12.1 Å². The number of aromatic nitrogens is 1. The molecule has 0 saturated carbocycles. The summed E-state index contributed by atoms with van der Waals surface area (Å²) in [4.78, 5) is 19.9. The summed E-state index contributed by atoms with van der Waals surface area (Å²) in [6, 6.07) is 9.63. The molecular weight excluding hydrogens is 498 g/mol. The number of likely N-dealkylation sites (tertiary alicyclic amines) is 1. The maximum Gasteiger partial charge on any atom is 0.427 e. The van der Waals surface area contributed by atoms with Crippen LogP contribution in [0.15, 0.2) is 42.6 Å². The lowest BCUT2D eigenvalue weighted by molar-refractivity contribution is -0.220. The van der Waals surface area contributed by atoms with E-state index in [4.69, 9.17) is 18.9 Å². The number of pyridine rings is 1. The normalized spacial score (nSPS) is 18.5. The largest absolute Gasteiger partial charge is 0.497 e. The van der Waals surface area contributed by atoms with Crippen LogP contribution in [0.1, 0.15) is 18.4 Å². The van der Waals surface area contributed by atoms with Gasteiger partial charge in [0.2, 0.25) is 6.10 Å². The second-order valence-electron chi connectivity index (χ2n) is 9.05. The maximum absolute atomic E-state index is 13.5. The molecule has 0 N–H and O–H groups in total. The number of carbonyl (C=O) groups excluding carboxylic acids is 1. The lowest BCUT2D eigenvalue weighted by Crippen LogP contribution is -2.58. The second-order valence-corrected chi connectivity index (χ2v) is 9.05. The molecule has 37 heavy (non-hydrogen) atoms. The van der Waals surface area contributed by atoms with Crippen molar-refractivity contribution in [3.8, 4) is 5.75 Å². The predicted molar refractivity (Wildman–Crippen MR) is 125 cm³/mol.